The molecule has 1 fully saturated rings. The Labute approximate surface area is 105 Å². The van der Waals surface area contributed by atoms with E-state index in [1.807, 2.05) is 12.1 Å². The number of Topliss-reactive ketones (excluding diaryl/α,β-unsaturated/α-hetero) is 1. The first kappa shape index (κ1) is 10.3. The maximum absolute atomic E-state index is 11.7. The summed E-state index contributed by atoms with van der Waals surface area (Å²) in [4.78, 5) is 14.1. The van der Waals surface area contributed by atoms with Crippen LogP contribution in [0.3, 0.4) is 0 Å². The number of piperidine rings is 1. The highest BCUT2D eigenvalue weighted by molar-refractivity contribution is 5.84. The molecule has 1 saturated heterocycles. The molecule has 1 aromatic heterocycles. The summed E-state index contributed by atoms with van der Waals surface area (Å²) in [6, 6.07) is 8.38. The monoisotopic (exact) mass is 241 g/mol. The van der Waals surface area contributed by atoms with Gasteiger partial charge in [-0.05, 0) is 12.5 Å². The maximum Gasteiger partial charge on any atom is 0.136 e. The Balaban J connectivity index is 1.88. The number of carbonyl (C=O) groups is 1. The predicted octanol–water partition coefficient (Wildman–Crippen LogP) is 2.69. The summed E-state index contributed by atoms with van der Waals surface area (Å²) in [5, 5.41) is 1.23. The molecule has 18 heavy (non-hydrogen) atoms. The molecule has 0 unspecified atom stereocenters. The van der Waals surface area contributed by atoms with Gasteiger partial charge in [0, 0.05) is 36.9 Å². The second-order valence-corrected chi connectivity index (χ2v) is 5.24. The largest absolute Gasteiger partial charge is 0.459 e. The third kappa shape index (κ3) is 1.37. The number of hydrogen-bond acceptors (Lipinski definition) is 3. The minimum atomic E-state index is 0.183. The molecule has 92 valence electrons. The number of fused-ring (bicyclic) bond motifs is 5. The fraction of sp³-hybridized carbons (Fsp3) is 0.400. The van der Waals surface area contributed by atoms with Crippen molar-refractivity contribution in [2.45, 2.75) is 25.3 Å². The summed E-state index contributed by atoms with van der Waals surface area (Å²) in [6.07, 6.45) is 2.36. The molecule has 2 aliphatic heterocycles. The Bertz CT molecular complexity index is 628. The van der Waals surface area contributed by atoms with Crippen LogP contribution in [0.4, 0.5) is 0 Å². The molecule has 0 bridgehead atoms. The zero-order valence-electron chi connectivity index (χ0n) is 10.2. The summed E-state index contributed by atoms with van der Waals surface area (Å²) in [7, 11) is 0. The van der Waals surface area contributed by atoms with Crippen molar-refractivity contribution in [3.63, 3.8) is 0 Å². The fourth-order valence-electron chi connectivity index (χ4n) is 3.30. The number of furan rings is 1. The molecule has 2 aliphatic rings. The molecule has 0 saturated carbocycles. The number of ketones is 1. The maximum atomic E-state index is 11.7. The van der Waals surface area contributed by atoms with Crippen LogP contribution in [-0.4, -0.2) is 23.8 Å². The molecule has 4 rings (SSSR count). The first-order chi connectivity index (χ1) is 8.83. The van der Waals surface area contributed by atoms with Crippen LogP contribution in [0.2, 0.25) is 0 Å². The molecule has 2 aromatic rings. The van der Waals surface area contributed by atoms with Gasteiger partial charge in [-0.1, -0.05) is 18.2 Å². The molecule has 0 spiro atoms. The lowest BCUT2D eigenvalue weighted by Gasteiger charge is -2.37. The summed E-state index contributed by atoms with van der Waals surface area (Å²) in [5.74, 6) is 1.40. The average molecular weight is 241 g/mol. The van der Waals surface area contributed by atoms with Crippen molar-refractivity contribution < 1.29 is 9.21 Å². The summed E-state index contributed by atoms with van der Waals surface area (Å²) in [6.45, 7) is 1.94. The standard InChI is InChI=1S/C15H15NO2/c17-10-5-7-16-8-6-12-11-3-1-2-4-14(11)18-15(12)13(16)9-10/h1-4,13H,5-9H2/t13-/m0/s1. The van der Waals surface area contributed by atoms with E-state index in [1.165, 1.54) is 10.9 Å². The molecule has 3 heteroatoms. The lowest BCUT2D eigenvalue weighted by Crippen LogP contribution is -2.41. The fourth-order valence-corrected chi connectivity index (χ4v) is 3.30. The quantitative estimate of drug-likeness (QED) is 0.711. The van der Waals surface area contributed by atoms with Gasteiger partial charge < -0.3 is 4.42 Å². The Morgan fingerprint density at radius 2 is 2.00 bits per heavy atom. The van der Waals surface area contributed by atoms with E-state index in [-0.39, 0.29) is 6.04 Å². The minimum Gasteiger partial charge on any atom is -0.459 e. The first-order valence-electron chi connectivity index (χ1n) is 6.59. The highest BCUT2D eigenvalue weighted by atomic mass is 16.3. The molecular weight excluding hydrogens is 226 g/mol. The van der Waals surface area contributed by atoms with Gasteiger partial charge in [-0.2, -0.15) is 0 Å². The van der Waals surface area contributed by atoms with Crippen molar-refractivity contribution in [2.24, 2.45) is 0 Å². The van der Waals surface area contributed by atoms with Crippen molar-refractivity contribution in [1.82, 2.24) is 4.90 Å². The van der Waals surface area contributed by atoms with Gasteiger partial charge in [0.15, 0.2) is 0 Å². The van der Waals surface area contributed by atoms with Crippen LogP contribution >= 0.6 is 0 Å². The van der Waals surface area contributed by atoms with Crippen LogP contribution in [0, 0.1) is 0 Å². The third-order valence-electron chi connectivity index (χ3n) is 4.22. The van der Waals surface area contributed by atoms with E-state index in [2.05, 4.69) is 17.0 Å². The van der Waals surface area contributed by atoms with E-state index in [0.717, 1.165) is 30.9 Å². The number of hydrogen-bond donors (Lipinski definition) is 0. The van der Waals surface area contributed by atoms with Crippen LogP contribution in [-0.2, 0) is 11.2 Å². The van der Waals surface area contributed by atoms with Gasteiger partial charge in [0.1, 0.15) is 17.1 Å². The van der Waals surface area contributed by atoms with Gasteiger partial charge in [-0.15, -0.1) is 0 Å². The Hall–Kier alpha value is -1.61. The van der Waals surface area contributed by atoms with Crippen LogP contribution in [0.1, 0.15) is 30.2 Å². The molecule has 0 amide bonds. The van der Waals surface area contributed by atoms with Crippen molar-refractivity contribution in [2.75, 3.05) is 13.1 Å². The number of benzene rings is 1. The number of para-hydroxylation sites is 1. The zero-order valence-corrected chi connectivity index (χ0v) is 10.2. The highest BCUT2D eigenvalue weighted by Crippen LogP contribution is 2.40. The van der Waals surface area contributed by atoms with Crippen LogP contribution in [0.15, 0.2) is 28.7 Å². The minimum absolute atomic E-state index is 0.183. The average Bonchev–Trinajstić information content (AvgIpc) is 2.78. The number of carbonyl (C=O) groups excluding carboxylic acids is 1. The van der Waals surface area contributed by atoms with Gasteiger partial charge in [0.05, 0.1) is 6.04 Å². The van der Waals surface area contributed by atoms with E-state index < -0.39 is 0 Å². The van der Waals surface area contributed by atoms with Gasteiger partial charge in [0.25, 0.3) is 0 Å². The van der Waals surface area contributed by atoms with Crippen molar-refractivity contribution in [3.8, 4) is 0 Å². The van der Waals surface area contributed by atoms with Gasteiger partial charge >= 0.3 is 0 Å². The molecule has 0 N–H and O–H groups in total. The van der Waals surface area contributed by atoms with E-state index in [0.29, 0.717) is 18.6 Å². The second-order valence-electron chi connectivity index (χ2n) is 5.24. The second kappa shape index (κ2) is 3.69. The zero-order chi connectivity index (χ0) is 12.1. The Kier molecular flexibility index (Phi) is 2.12. The van der Waals surface area contributed by atoms with Crippen LogP contribution in [0.5, 0.6) is 0 Å². The Morgan fingerprint density at radius 3 is 2.94 bits per heavy atom. The normalized spacial score (nSPS) is 24.0. The van der Waals surface area contributed by atoms with Gasteiger partial charge in [0.2, 0.25) is 0 Å². The number of nitrogens with zero attached hydrogens (tertiary/aromatic N) is 1. The summed E-state index contributed by atoms with van der Waals surface area (Å²) in [5.41, 5.74) is 2.28. The van der Waals surface area contributed by atoms with Crippen LogP contribution < -0.4 is 0 Å². The predicted molar refractivity (Wildman–Crippen MR) is 68.5 cm³/mol. The topological polar surface area (TPSA) is 33.5 Å². The van der Waals surface area contributed by atoms with Crippen molar-refractivity contribution >= 4 is 16.8 Å². The van der Waals surface area contributed by atoms with Gasteiger partial charge in [-0.3, -0.25) is 9.69 Å². The molecule has 0 radical (unpaired) electrons. The van der Waals surface area contributed by atoms with E-state index in [4.69, 9.17) is 4.42 Å². The lowest BCUT2D eigenvalue weighted by atomic mass is 9.91. The molecule has 1 aromatic carbocycles. The number of rotatable bonds is 0. The molecule has 0 aliphatic carbocycles. The van der Waals surface area contributed by atoms with Crippen molar-refractivity contribution in [3.05, 3.63) is 35.6 Å². The van der Waals surface area contributed by atoms with Crippen molar-refractivity contribution in [1.29, 1.82) is 0 Å². The molecular formula is C15H15NO2. The molecule has 1 atom stereocenters. The summed E-state index contributed by atoms with van der Waals surface area (Å²) >= 11 is 0. The van der Waals surface area contributed by atoms with E-state index in [9.17, 15) is 4.79 Å². The Morgan fingerprint density at radius 1 is 1.17 bits per heavy atom. The first-order valence-corrected chi connectivity index (χ1v) is 6.59. The smallest absolute Gasteiger partial charge is 0.136 e. The van der Waals surface area contributed by atoms with E-state index in [1.54, 1.807) is 0 Å². The van der Waals surface area contributed by atoms with Crippen LogP contribution in [0.25, 0.3) is 11.0 Å². The van der Waals surface area contributed by atoms with E-state index >= 15 is 0 Å². The molecule has 3 nitrogen and oxygen atoms in total. The molecule has 3 heterocycles. The lowest BCUT2D eigenvalue weighted by molar-refractivity contribution is -0.123. The van der Waals surface area contributed by atoms with Gasteiger partial charge in [-0.25, -0.2) is 0 Å². The third-order valence-corrected chi connectivity index (χ3v) is 4.22. The SMILES string of the molecule is O=C1CCN2CCc3c(oc4ccccc34)[C@@H]2C1. The highest BCUT2D eigenvalue weighted by Gasteiger charge is 2.36. The summed E-state index contributed by atoms with van der Waals surface area (Å²) < 4.78 is 6.01.